The van der Waals surface area contributed by atoms with Crippen LogP contribution in [0.3, 0.4) is 0 Å². The van der Waals surface area contributed by atoms with E-state index >= 15 is 0 Å². The first-order chi connectivity index (χ1) is 13.4. The first-order valence-electron chi connectivity index (χ1n) is 9.53. The summed E-state index contributed by atoms with van der Waals surface area (Å²) in [6, 6.07) is 12.3. The molecule has 1 unspecified atom stereocenters. The largest absolute Gasteiger partial charge is 0.340 e. The Bertz CT molecular complexity index is 1010. The summed E-state index contributed by atoms with van der Waals surface area (Å²) in [4.78, 5) is 25.4. The monoisotopic (exact) mass is 378 g/mol. The summed E-state index contributed by atoms with van der Waals surface area (Å²) in [5.41, 5.74) is 3.03. The fourth-order valence-electron chi connectivity index (χ4n) is 3.07. The molecule has 2 N–H and O–H groups in total. The van der Waals surface area contributed by atoms with Gasteiger partial charge in [0.1, 0.15) is 6.04 Å². The van der Waals surface area contributed by atoms with Gasteiger partial charge >= 0.3 is 0 Å². The fraction of sp³-hybridized carbons (Fsp3) is 0.318. The van der Waals surface area contributed by atoms with Crippen LogP contribution in [-0.4, -0.2) is 27.6 Å². The van der Waals surface area contributed by atoms with Gasteiger partial charge in [-0.05, 0) is 50.1 Å². The predicted molar refractivity (Wildman–Crippen MR) is 111 cm³/mol. The van der Waals surface area contributed by atoms with Crippen molar-refractivity contribution in [2.75, 3.05) is 5.32 Å². The van der Waals surface area contributed by atoms with Crippen LogP contribution in [0.2, 0.25) is 0 Å². The van der Waals surface area contributed by atoms with Crippen molar-refractivity contribution in [1.29, 1.82) is 0 Å². The van der Waals surface area contributed by atoms with Crippen LogP contribution >= 0.6 is 0 Å². The lowest BCUT2D eigenvalue weighted by Crippen LogP contribution is -2.47. The summed E-state index contributed by atoms with van der Waals surface area (Å²) < 4.78 is 1.86. The molecule has 0 fully saturated rings. The molecule has 0 bridgehead atoms. The van der Waals surface area contributed by atoms with E-state index in [0.29, 0.717) is 11.3 Å². The smallest absolute Gasteiger partial charge is 0.251 e. The number of nitrogens with zero attached hydrogens (tertiary/aromatic N) is 2. The number of rotatable bonds is 6. The van der Waals surface area contributed by atoms with E-state index in [9.17, 15) is 9.59 Å². The lowest BCUT2D eigenvalue weighted by atomic mass is 10.0. The highest BCUT2D eigenvalue weighted by Crippen LogP contribution is 2.19. The quantitative estimate of drug-likeness (QED) is 0.686. The van der Waals surface area contributed by atoms with E-state index in [1.807, 2.05) is 75.0 Å². The van der Waals surface area contributed by atoms with E-state index in [4.69, 9.17) is 0 Å². The van der Waals surface area contributed by atoms with E-state index in [-0.39, 0.29) is 17.7 Å². The highest BCUT2D eigenvalue weighted by Gasteiger charge is 2.25. The summed E-state index contributed by atoms with van der Waals surface area (Å²) in [6.45, 7) is 8.56. The van der Waals surface area contributed by atoms with Crippen LogP contribution in [0.25, 0.3) is 10.9 Å². The zero-order valence-corrected chi connectivity index (χ0v) is 16.7. The van der Waals surface area contributed by atoms with Gasteiger partial charge in [-0.25, -0.2) is 0 Å². The lowest BCUT2D eigenvalue weighted by Gasteiger charge is -2.22. The fourth-order valence-corrected chi connectivity index (χ4v) is 3.07. The van der Waals surface area contributed by atoms with Crippen molar-refractivity contribution in [2.24, 2.45) is 5.92 Å². The maximum Gasteiger partial charge on any atom is 0.251 e. The molecule has 0 aliphatic rings. The molecule has 3 rings (SSSR count). The van der Waals surface area contributed by atoms with E-state index in [0.717, 1.165) is 23.0 Å². The van der Waals surface area contributed by atoms with Crippen molar-refractivity contribution >= 4 is 28.4 Å². The Balaban J connectivity index is 1.75. The van der Waals surface area contributed by atoms with Crippen molar-refractivity contribution < 1.29 is 9.59 Å². The maximum absolute atomic E-state index is 12.8. The topological polar surface area (TPSA) is 76.0 Å². The third-order valence-corrected chi connectivity index (χ3v) is 4.66. The molecule has 1 aromatic heterocycles. The van der Waals surface area contributed by atoms with Crippen LogP contribution in [0, 0.1) is 12.8 Å². The third-order valence-electron chi connectivity index (χ3n) is 4.66. The molecule has 6 heteroatoms. The minimum atomic E-state index is -0.642. The van der Waals surface area contributed by atoms with Crippen molar-refractivity contribution in [3.05, 3.63) is 59.8 Å². The van der Waals surface area contributed by atoms with Gasteiger partial charge < -0.3 is 10.6 Å². The van der Waals surface area contributed by atoms with E-state index in [2.05, 4.69) is 15.7 Å². The molecule has 0 saturated carbocycles. The van der Waals surface area contributed by atoms with Gasteiger partial charge in [-0.15, -0.1) is 0 Å². The van der Waals surface area contributed by atoms with Gasteiger partial charge in [0.2, 0.25) is 5.91 Å². The number of nitrogens with one attached hydrogen (secondary N) is 2. The molecule has 0 radical (unpaired) electrons. The lowest BCUT2D eigenvalue weighted by molar-refractivity contribution is -0.118. The Morgan fingerprint density at radius 2 is 1.93 bits per heavy atom. The number of anilines is 1. The number of amides is 2. The van der Waals surface area contributed by atoms with Crippen molar-refractivity contribution in [3.63, 3.8) is 0 Å². The molecule has 1 heterocycles. The minimum Gasteiger partial charge on any atom is -0.340 e. The van der Waals surface area contributed by atoms with Crippen LogP contribution in [0.5, 0.6) is 0 Å². The van der Waals surface area contributed by atoms with Gasteiger partial charge in [0.05, 0.1) is 5.52 Å². The average Bonchev–Trinajstić information content (AvgIpc) is 3.08. The second-order valence-electron chi connectivity index (χ2n) is 7.31. The van der Waals surface area contributed by atoms with Crippen LogP contribution in [0.1, 0.15) is 36.7 Å². The molecule has 28 heavy (non-hydrogen) atoms. The normalized spacial score (nSPS) is 12.2. The standard InChI is InChI=1S/C22H26N4O2/c1-5-26-13-17-9-10-18(12-19(17)25-26)23-22(28)20(14(2)3)24-21(27)16-8-6-7-15(4)11-16/h6-14,20H,5H2,1-4H3,(H,23,28)(H,24,27). The van der Waals surface area contributed by atoms with Gasteiger partial charge in [0.25, 0.3) is 5.91 Å². The number of carbonyl (C=O) groups is 2. The van der Waals surface area contributed by atoms with E-state index in [1.165, 1.54) is 0 Å². The molecule has 6 nitrogen and oxygen atoms in total. The highest BCUT2D eigenvalue weighted by molar-refractivity contribution is 6.02. The van der Waals surface area contributed by atoms with Crippen LogP contribution in [0.4, 0.5) is 5.69 Å². The molecule has 0 aliphatic carbocycles. The molecular weight excluding hydrogens is 352 g/mol. The minimum absolute atomic E-state index is 0.0585. The third kappa shape index (κ3) is 4.39. The number of benzene rings is 2. The number of carbonyl (C=O) groups excluding carboxylic acids is 2. The molecule has 2 aromatic carbocycles. The van der Waals surface area contributed by atoms with Crippen LogP contribution < -0.4 is 10.6 Å². The predicted octanol–water partition coefficient (Wildman–Crippen LogP) is 3.76. The Morgan fingerprint density at radius 1 is 1.14 bits per heavy atom. The Hall–Kier alpha value is -3.15. The van der Waals surface area contributed by atoms with E-state index < -0.39 is 6.04 Å². The van der Waals surface area contributed by atoms with Gasteiger partial charge in [-0.1, -0.05) is 31.5 Å². The SMILES string of the molecule is CCn1cc2ccc(NC(=O)C(NC(=O)c3cccc(C)c3)C(C)C)cc2n1. The number of hydrogen-bond acceptors (Lipinski definition) is 3. The second-order valence-corrected chi connectivity index (χ2v) is 7.31. The van der Waals surface area contributed by atoms with Gasteiger partial charge in [0.15, 0.2) is 0 Å². The second kappa shape index (κ2) is 8.25. The maximum atomic E-state index is 12.8. The van der Waals surface area contributed by atoms with Gasteiger partial charge in [-0.3, -0.25) is 14.3 Å². The Labute approximate surface area is 164 Å². The van der Waals surface area contributed by atoms with Crippen molar-refractivity contribution in [2.45, 2.75) is 40.3 Å². The van der Waals surface area contributed by atoms with E-state index in [1.54, 1.807) is 6.07 Å². The summed E-state index contributed by atoms with van der Waals surface area (Å²) >= 11 is 0. The summed E-state index contributed by atoms with van der Waals surface area (Å²) in [5.74, 6) is -0.559. The molecule has 0 saturated heterocycles. The number of fused-ring (bicyclic) bond motifs is 1. The first-order valence-corrected chi connectivity index (χ1v) is 9.53. The van der Waals surface area contributed by atoms with Gasteiger partial charge in [0, 0.05) is 29.4 Å². The molecule has 146 valence electrons. The molecule has 0 aliphatic heterocycles. The van der Waals surface area contributed by atoms with Crippen LogP contribution in [-0.2, 0) is 11.3 Å². The molecule has 1 atom stereocenters. The highest BCUT2D eigenvalue weighted by atomic mass is 16.2. The molecule has 0 spiro atoms. The van der Waals surface area contributed by atoms with Crippen molar-refractivity contribution in [3.8, 4) is 0 Å². The number of aromatic nitrogens is 2. The number of hydrogen-bond donors (Lipinski definition) is 2. The molecule has 3 aromatic rings. The van der Waals surface area contributed by atoms with Crippen LogP contribution in [0.15, 0.2) is 48.7 Å². The number of aryl methyl sites for hydroxylation is 2. The summed E-state index contributed by atoms with van der Waals surface area (Å²) in [5, 5.41) is 11.3. The summed E-state index contributed by atoms with van der Waals surface area (Å²) in [7, 11) is 0. The summed E-state index contributed by atoms with van der Waals surface area (Å²) in [6.07, 6.45) is 1.97. The molecule has 2 amide bonds. The van der Waals surface area contributed by atoms with Gasteiger partial charge in [-0.2, -0.15) is 5.10 Å². The van der Waals surface area contributed by atoms with Crippen molar-refractivity contribution in [1.82, 2.24) is 15.1 Å². The molecular formula is C22H26N4O2. The first kappa shape index (κ1) is 19.6. The Morgan fingerprint density at radius 3 is 2.61 bits per heavy atom. The zero-order chi connectivity index (χ0) is 20.3. The zero-order valence-electron chi connectivity index (χ0n) is 16.7. The average molecular weight is 378 g/mol. The Kier molecular flexibility index (Phi) is 5.78.